The first-order valence-electron chi connectivity index (χ1n) is 9.09. The zero-order chi connectivity index (χ0) is 20.5. The molecule has 1 unspecified atom stereocenters. The molecule has 1 amide bonds. The number of halogens is 1. The van der Waals surface area contributed by atoms with Crippen molar-refractivity contribution in [2.45, 2.75) is 18.8 Å². The van der Waals surface area contributed by atoms with E-state index in [0.29, 0.717) is 35.6 Å². The fourth-order valence-corrected chi connectivity index (χ4v) is 3.52. The molecule has 0 bridgehead atoms. The summed E-state index contributed by atoms with van der Waals surface area (Å²) in [5.74, 6) is -2.07. The third kappa shape index (κ3) is 3.69. The Morgan fingerprint density at radius 1 is 1.17 bits per heavy atom. The van der Waals surface area contributed by atoms with Crippen molar-refractivity contribution in [3.05, 3.63) is 59.5 Å². The normalized spacial score (nSPS) is 16.4. The van der Waals surface area contributed by atoms with Gasteiger partial charge in [0.25, 0.3) is 0 Å². The van der Waals surface area contributed by atoms with Crippen LogP contribution in [0.1, 0.15) is 34.8 Å². The number of aromatic nitrogens is 2. The van der Waals surface area contributed by atoms with Crippen molar-refractivity contribution in [2.24, 2.45) is 0 Å². The average molecular weight is 394 g/mol. The number of amides is 1. The van der Waals surface area contributed by atoms with E-state index in [-0.39, 0.29) is 29.6 Å². The SMILES string of the molecule is O=C1CC(c2[nH]c(-c3ccc([O-])c(C(=O)O)c3)nc2-c2ccc(F)cc2)CCN1. The molecule has 29 heavy (non-hydrogen) atoms. The lowest BCUT2D eigenvalue weighted by Gasteiger charge is -2.22. The van der Waals surface area contributed by atoms with Crippen LogP contribution in [0.4, 0.5) is 4.39 Å². The predicted molar refractivity (Wildman–Crippen MR) is 101 cm³/mol. The number of piperidine rings is 1. The van der Waals surface area contributed by atoms with Crippen molar-refractivity contribution in [1.82, 2.24) is 15.3 Å². The van der Waals surface area contributed by atoms with Gasteiger partial charge in [0.1, 0.15) is 11.6 Å². The van der Waals surface area contributed by atoms with E-state index in [0.717, 1.165) is 5.69 Å². The monoisotopic (exact) mass is 394 g/mol. The second-order valence-electron chi connectivity index (χ2n) is 6.91. The van der Waals surface area contributed by atoms with Gasteiger partial charge < -0.3 is 20.5 Å². The maximum Gasteiger partial charge on any atom is 0.335 e. The number of hydrogen-bond donors (Lipinski definition) is 3. The van der Waals surface area contributed by atoms with E-state index in [2.05, 4.69) is 15.3 Å². The number of benzene rings is 2. The van der Waals surface area contributed by atoms with Crippen LogP contribution in [0.3, 0.4) is 0 Å². The van der Waals surface area contributed by atoms with Gasteiger partial charge in [0.05, 0.1) is 11.3 Å². The standard InChI is InChI=1S/C21H18FN3O4/c22-14-4-1-11(2-5-14)18-19(12-7-8-23-17(27)10-12)25-20(24-18)13-3-6-16(26)15(9-13)21(28)29/h1-6,9,12,26H,7-8,10H2,(H,23,27)(H,24,25)(H,28,29)/p-1. The van der Waals surface area contributed by atoms with Gasteiger partial charge in [-0.2, -0.15) is 0 Å². The molecule has 3 N–H and O–H groups in total. The molecule has 1 aromatic heterocycles. The molecule has 1 atom stereocenters. The average Bonchev–Trinajstić information content (AvgIpc) is 3.14. The first kappa shape index (κ1) is 18.7. The molecule has 0 radical (unpaired) electrons. The molecule has 8 heteroatoms. The summed E-state index contributed by atoms with van der Waals surface area (Å²) in [5.41, 5.74) is 2.07. The lowest BCUT2D eigenvalue weighted by Crippen LogP contribution is -2.32. The van der Waals surface area contributed by atoms with Gasteiger partial charge in [-0.05, 0) is 36.8 Å². The van der Waals surface area contributed by atoms with Crippen molar-refractivity contribution in [2.75, 3.05) is 6.54 Å². The highest BCUT2D eigenvalue weighted by Gasteiger charge is 2.26. The Kier molecular flexibility index (Phi) is 4.75. The lowest BCUT2D eigenvalue weighted by atomic mass is 9.91. The largest absolute Gasteiger partial charge is 0.872 e. The zero-order valence-corrected chi connectivity index (χ0v) is 15.2. The third-order valence-corrected chi connectivity index (χ3v) is 4.99. The zero-order valence-electron chi connectivity index (χ0n) is 15.2. The van der Waals surface area contributed by atoms with E-state index < -0.39 is 11.7 Å². The maximum atomic E-state index is 13.4. The van der Waals surface area contributed by atoms with E-state index in [9.17, 15) is 24.2 Å². The van der Waals surface area contributed by atoms with Gasteiger partial charge in [-0.1, -0.05) is 17.9 Å². The van der Waals surface area contributed by atoms with Gasteiger partial charge >= 0.3 is 5.97 Å². The Bertz CT molecular complexity index is 1090. The summed E-state index contributed by atoms with van der Waals surface area (Å²) in [4.78, 5) is 31.0. The van der Waals surface area contributed by atoms with Gasteiger partial charge in [-0.15, -0.1) is 0 Å². The van der Waals surface area contributed by atoms with Crippen LogP contribution < -0.4 is 10.4 Å². The minimum absolute atomic E-state index is 0.0636. The summed E-state index contributed by atoms with van der Waals surface area (Å²) >= 11 is 0. The molecule has 2 heterocycles. The van der Waals surface area contributed by atoms with Crippen molar-refractivity contribution in [1.29, 1.82) is 0 Å². The van der Waals surface area contributed by atoms with Crippen LogP contribution in [0.5, 0.6) is 5.75 Å². The number of aromatic carboxylic acids is 1. The number of aromatic amines is 1. The van der Waals surface area contributed by atoms with Crippen LogP contribution in [0.15, 0.2) is 42.5 Å². The van der Waals surface area contributed by atoms with E-state index in [1.54, 1.807) is 12.1 Å². The first-order valence-corrected chi connectivity index (χ1v) is 9.09. The molecule has 0 spiro atoms. The summed E-state index contributed by atoms with van der Waals surface area (Å²) in [7, 11) is 0. The van der Waals surface area contributed by atoms with Crippen molar-refractivity contribution >= 4 is 11.9 Å². The molecular weight excluding hydrogens is 377 g/mol. The topological polar surface area (TPSA) is 118 Å². The van der Waals surface area contributed by atoms with Crippen LogP contribution in [-0.4, -0.2) is 33.5 Å². The number of carbonyl (C=O) groups is 2. The molecule has 148 valence electrons. The van der Waals surface area contributed by atoms with Gasteiger partial charge in [0.15, 0.2) is 0 Å². The minimum atomic E-state index is -1.31. The van der Waals surface area contributed by atoms with Crippen molar-refractivity contribution in [3.8, 4) is 28.4 Å². The Labute approximate surface area is 165 Å². The predicted octanol–water partition coefficient (Wildman–Crippen LogP) is 2.65. The molecular formula is C21H17FN3O4-. The van der Waals surface area contributed by atoms with E-state index in [4.69, 9.17) is 0 Å². The minimum Gasteiger partial charge on any atom is -0.872 e. The Hall–Kier alpha value is -3.68. The molecule has 1 aliphatic heterocycles. The first-order chi connectivity index (χ1) is 13.9. The second-order valence-corrected chi connectivity index (χ2v) is 6.91. The van der Waals surface area contributed by atoms with Crippen LogP contribution in [0.2, 0.25) is 0 Å². The molecule has 4 rings (SSSR count). The Morgan fingerprint density at radius 2 is 1.90 bits per heavy atom. The molecule has 2 aromatic carbocycles. The molecule has 3 aromatic rings. The van der Waals surface area contributed by atoms with Crippen LogP contribution in [0.25, 0.3) is 22.6 Å². The van der Waals surface area contributed by atoms with Gasteiger partial charge in [0.2, 0.25) is 5.91 Å². The summed E-state index contributed by atoms with van der Waals surface area (Å²) < 4.78 is 13.4. The maximum absolute atomic E-state index is 13.4. The third-order valence-electron chi connectivity index (χ3n) is 4.99. The van der Waals surface area contributed by atoms with Gasteiger partial charge in [-0.25, -0.2) is 14.2 Å². The highest BCUT2D eigenvalue weighted by atomic mass is 19.1. The lowest BCUT2D eigenvalue weighted by molar-refractivity contribution is -0.268. The fourth-order valence-electron chi connectivity index (χ4n) is 3.52. The molecule has 7 nitrogen and oxygen atoms in total. The summed E-state index contributed by atoms with van der Waals surface area (Å²) in [5, 5.41) is 23.8. The van der Waals surface area contributed by atoms with Gasteiger partial charge in [-0.3, -0.25) is 4.79 Å². The number of carboxylic acids is 1. The number of nitrogens with zero attached hydrogens (tertiary/aromatic N) is 1. The summed E-state index contributed by atoms with van der Waals surface area (Å²) in [6.07, 6.45) is 0.997. The fraction of sp³-hybridized carbons (Fsp3) is 0.190. The number of carbonyl (C=O) groups excluding carboxylic acids is 1. The summed E-state index contributed by atoms with van der Waals surface area (Å²) in [6.45, 7) is 0.536. The highest BCUT2D eigenvalue weighted by molar-refractivity contribution is 5.92. The number of hydrogen-bond acceptors (Lipinski definition) is 4. The molecule has 1 saturated heterocycles. The number of rotatable bonds is 4. The highest BCUT2D eigenvalue weighted by Crippen LogP contribution is 2.35. The number of nitrogens with one attached hydrogen (secondary N) is 2. The van der Waals surface area contributed by atoms with E-state index >= 15 is 0 Å². The van der Waals surface area contributed by atoms with Crippen LogP contribution in [0, 0.1) is 5.82 Å². The molecule has 0 saturated carbocycles. The van der Waals surface area contributed by atoms with Gasteiger partial charge in [0, 0.05) is 35.7 Å². The van der Waals surface area contributed by atoms with Crippen LogP contribution in [-0.2, 0) is 4.79 Å². The molecule has 1 aliphatic rings. The summed E-state index contributed by atoms with van der Waals surface area (Å²) in [6, 6.07) is 9.82. The van der Waals surface area contributed by atoms with Crippen molar-refractivity contribution < 1.29 is 24.2 Å². The number of H-pyrrole nitrogens is 1. The Morgan fingerprint density at radius 3 is 2.59 bits per heavy atom. The van der Waals surface area contributed by atoms with Crippen molar-refractivity contribution in [3.63, 3.8) is 0 Å². The number of carboxylic acid groups (broad SMARTS) is 1. The smallest absolute Gasteiger partial charge is 0.335 e. The second kappa shape index (κ2) is 7.38. The molecule has 0 aliphatic carbocycles. The quantitative estimate of drug-likeness (QED) is 0.629. The van der Waals surface area contributed by atoms with E-state index in [1.165, 1.54) is 30.3 Å². The molecule has 1 fully saturated rings. The Balaban J connectivity index is 1.83. The number of imidazole rings is 1. The van der Waals surface area contributed by atoms with E-state index in [1.807, 2.05) is 0 Å². The van der Waals surface area contributed by atoms with Crippen LogP contribution >= 0.6 is 0 Å².